The minimum atomic E-state index is -0.205. The molecule has 5 nitrogen and oxygen atoms in total. The summed E-state index contributed by atoms with van der Waals surface area (Å²) in [5.41, 5.74) is 1.49. The molecule has 2 aromatic rings. The number of methoxy groups -OCH3 is 1. The predicted octanol–water partition coefficient (Wildman–Crippen LogP) is 3.15. The molecule has 0 atom stereocenters. The summed E-state index contributed by atoms with van der Waals surface area (Å²) in [4.78, 5) is 18.4. The molecule has 1 fully saturated rings. The Hall–Kier alpha value is -2.60. The number of carbonyl (C=O) groups is 1. The van der Waals surface area contributed by atoms with E-state index in [4.69, 9.17) is 10.1 Å². The molecular weight excluding hydrogens is 298 g/mol. The van der Waals surface area contributed by atoms with Crippen molar-refractivity contribution >= 4 is 34.6 Å². The van der Waals surface area contributed by atoms with Gasteiger partial charge in [-0.1, -0.05) is 6.07 Å². The minimum Gasteiger partial charge on any atom is -0.497 e. The average Bonchev–Trinajstić information content (AvgIpc) is 2.82. The highest BCUT2D eigenvalue weighted by Crippen LogP contribution is 2.35. The first-order valence-corrected chi connectivity index (χ1v) is 7.37. The van der Waals surface area contributed by atoms with Gasteiger partial charge in [0.15, 0.2) is 5.17 Å². The van der Waals surface area contributed by atoms with Crippen LogP contribution in [0.1, 0.15) is 5.56 Å². The van der Waals surface area contributed by atoms with Crippen LogP contribution in [0.5, 0.6) is 5.75 Å². The van der Waals surface area contributed by atoms with Gasteiger partial charge < -0.3 is 4.74 Å². The Kier molecular flexibility index (Phi) is 3.93. The molecule has 2 heterocycles. The van der Waals surface area contributed by atoms with Crippen LogP contribution in [0.3, 0.4) is 0 Å². The third-order valence-electron chi connectivity index (χ3n) is 3.14. The van der Waals surface area contributed by atoms with Crippen molar-refractivity contribution in [3.05, 3.63) is 59.3 Å². The largest absolute Gasteiger partial charge is 0.497 e. The normalized spacial score (nSPS) is 16.4. The third kappa shape index (κ3) is 2.73. The number of ether oxygens (including phenoxy) is 1. The Bertz CT molecular complexity index is 742. The number of benzene rings is 1. The maximum absolute atomic E-state index is 12.5. The maximum Gasteiger partial charge on any atom is 0.271 e. The summed E-state index contributed by atoms with van der Waals surface area (Å²) in [6.45, 7) is 0. The van der Waals surface area contributed by atoms with Crippen molar-refractivity contribution in [3.8, 4) is 5.75 Å². The lowest BCUT2D eigenvalue weighted by atomic mass is 10.2. The highest BCUT2D eigenvalue weighted by atomic mass is 32.2. The maximum atomic E-state index is 12.5. The number of aromatic nitrogens is 1. The van der Waals surface area contributed by atoms with Crippen LogP contribution in [0.25, 0.3) is 6.08 Å². The summed E-state index contributed by atoms with van der Waals surface area (Å²) < 4.78 is 5.10. The number of rotatable bonds is 3. The molecule has 1 aromatic carbocycles. The summed E-state index contributed by atoms with van der Waals surface area (Å²) >= 11 is 1.14. The van der Waals surface area contributed by atoms with Gasteiger partial charge >= 0.3 is 0 Å². The first-order chi connectivity index (χ1) is 10.7. The SMILES string of the molecule is COc1ccc(N2C(=N)S/C(=C\c3cccnc3)C2=O)cc1. The molecule has 22 heavy (non-hydrogen) atoms. The molecule has 0 saturated carbocycles. The van der Waals surface area contributed by atoms with Crippen molar-refractivity contribution in [1.82, 2.24) is 4.98 Å². The fraction of sp³-hybridized carbons (Fsp3) is 0.0625. The topological polar surface area (TPSA) is 66.3 Å². The van der Waals surface area contributed by atoms with Gasteiger partial charge in [0.05, 0.1) is 17.7 Å². The number of nitrogens with one attached hydrogen (secondary N) is 1. The molecular formula is C16H13N3O2S. The predicted molar refractivity (Wildman–Crippen MR) is 88.0 cm³/mol. The van der Waals surface area contributed by atoms with Crippen molar-refractivity contribution in [2.75, 3.05) is 12.0 Å². The van der Waals surface area contributed by atoms with E-state index in [1.54, 1.807) is 49.8 Å². The number of nitrogens with zero attached hydrogens (tertiary/aromatic N) is 2. The molecule has 0 radical (unpaired) electrons. The lowest BCUT2D eigenvalue weighted by Gasteiger charge is -2.14. The second kappa shape index (κ2) is 6.03. The number of hydrogen-bond acceptors (Lipinski definition) is 5. The van der Waals surface area contributed by atoms with E-state index in [1.807, 2.05) is 12.1 Å². The van der Waals surface area contributed by atoms with Crippen molar-refractivity contribution in [1.29, 1.82) is 5.41 Å². The Morgan fingerprint density at radius 3 is 2.68 bits per heavy atom. The summed E-state index contributed by atoms with van der Waals surface area (Å²) in [7, 11) is 1.59. The number of amides is 1. The minimum absolute atomic E-state index is 0.185. The summed E-state index contributed by atoms with van der Waals surface area (Å²) in [5, 5.41) is 8.23. The molecule has 1 amide bonds. The molecule has 1 aliphatic heterocycles. The van der Waals surface area contributed by atoms with Gasteiger partial charge in [-0.15, -0.1) is 0 Å². The van der Waals surface area contributed by atoms with Gasteiger partial charge in [0.1, 0.15) is 5.75 Å². The number of thioether (sulfide) groups is 1. The van der Waals surface area contributed by atoms with Crippen LogP contribution in [0.15, 0.2) is 53.7 Å². The van der Waals surface area contributed by atoms with Crippen molar-refractivity contribution in [2.24, 2.45) is 0 Å². The lowest BCUT2D eigenvalue weighted by Crippen LogP contribution is -2.27. The van der Waals surface area contributed by atoms with Crippen LogP contribution in [0.2, 0.25) is 0 Å². The molecule has 0 unspecified atom stereocenters. The van der Waals surface area contributed by atoms with Gasteiger partial charge in [0.2, 0.25) is 0 Å². The number of pyridine rings is 1. The average molecular weight is 311 g/mol. The fourth-order valence-electron chi connectivity index (χ4n) is 2.07. The first-order valence-electron chi connectivity index (χ1n) is 6.55. The molecule has 6 heteroatoms. The van der Waals surface area contributed by atoms with E-state index in [1.165, 1.54) is 4.90 Å². The molecule has 3 rings (SSSR count). The summed E-state index contributed by atoms with van der Waals surface area (Å²) in [5.74, 6) is 0.504. The monoisotopic (exact) mass is 311 g/mol. The Labute approximate surface area is 132 Å². The first kappa shape index (κ1) is 14.3. The van der Waals surface area contributed by atoms with Crippen LogP contribution in [-0.2, 0) is 4.79 Å². The van der Waals surface area contributed by atoms with E-state index in [0.717, 1.165) is 17.3 Å². The van der Waals surface area contributed by atoms with Crippen LogP contribution in [0.4, 0.5) is 5.69 Å². The number of anilines is 1. The van der Waals surface area contributed by atoms with Gasteiger partial charge in [-0.25, -0.2) is 0 Å². The quantitative estimate of drug-likeness (QED) is 0.884. The van der Waals surface area contributed by atoms with Crippen LogP contribution < -0.4 is 9.64 Å². The molecule has 1 aliphatic rings. The molecule has 0 spiro atoms. The molecule has 0 aliphatic carbocycles. The zero-order chi connectivity index (χ0) is 15.5. The number of carbonyl (C=O) groups excluding carboxylic acids is 1. The Morgan fingerprint density at radius 2 is 2.05 bits per heavy atom. The van der Waals surface area contributed by atoms with Gasteiger partial charge in [0, 0.05) is 12.4 Å². The molecule has 110 valence electrons. The molecule has 1 saturated heterocycles. The second-order valence-electron chi connectivity index (χ2n) is 4.54. The second-order valence-corrected chi connectivity index (χ2v) is 5.57. The summed E-state index contributed by atoms with van der Waals surface area (Å²) in [6.07, 6.45) is 5.11. The van der Waals surface area contributed by atoms with Crippen LogP contribution >= 0.6 is 11.8 Å². The fourth-order valence-corrected chi connectivity index (χ4v) is 2.93. The Balaban J connectivity index is 1.89. The zero-order valence-electron chi connectivity index (χ0n) is 11.8. The lowest BCUT2D eigenvalue weighted by molar-refractivity contribution is -0.113. The van der Waals surface area contributed by atoms with E-state index in [2.05, 4.69) is 4.98 Å². The van der Waals surface area contributed by atoms with E-state index in [9.17, 15) is 4.79 Å². The molecule has 1 N–H and O–H groups in total. The molecule has 0 bridgehead atoms. The highest BCUT2D eigenvalue weighted by molar-refractivity contribution is 8.19. The van der Waals surface area contributed by atoms with E-state index < -0.39 is 0 Å². The van der Waals surface area contributed by atoms with Crippen LogP contribution in [0, 0.1) is 5.41 Å². The van der Waals surface area contributed by atoms with E-state index in [-0.39, 0.29) is 11.1 Å². The Morgan fingerprint density at radius 1 is 1.27 bits per heavy atom. The highest BCUT2D eigenvalue weighted by Gasteiger charge is 2.33. The van der Waals surface area contributed by atoms with Gasteiger partial charge in [0.25, 0.3) is 5.91 Å². The van der Waals surface area contributed by atoms with Crippen molar-refractivity contribution in [2.45, 2.75) is 0 Å². The van der Waals surface area contributed by atoms with Crippen molar-refractivity contribution < 1.29 is 9.53 Å². The zero-order valence-corrected chi connectivity index (χ0v) is 12.6. The smallest absolute Gasteiger partial charge is 0.271 e. The van der Waals surface area contributed by atoms with Gasteiger partial charge in [-0.05, 0) is 53.7 Å². The van der Waals surface area contributed by atoms with E-state index in [0.29, 0.717) is 16.3 Å². The van der Waals surface area contributed by atoms with E-state index >= 15 is 0 Å². The van der Waals surface area contributed by atoms with Gasteiger partial charge in [-0.3, -0.25) is 20.1 Å². The van der Waals surface area contributed by atoms with Gasteiger partial charge in [-0.2, -0.15) is 0 Å². The third-order valence-corrected chi connectivity index (χ3v) is 4.02. The standard InChI is InChI=1S/C16H13N3O2S/c1-21-13-6-4-12(5-7-13)19-15(20)14(22-16(19)17)9-11-3-2-8-18-10-11/h2-10,17H,1H3/b14-9-,17-16?. The van der Waals surface area contributed by atoms with Crippen LogP contribution in [-0.4, -0.2) is 23.2 Å². The molecule has 1 aromatic heterocycles. The number of hydrogen-bond donors (Lipinski definition) is 1. The summed E-state index contributed by atoms with van der Waals surface area (Å²) in [6, 6.07) is 10.7. The number of amidine groups is 1. The van der Waals surface area contributed by atoms with Crippen molar-refractivity contribution in [3.63, 3.8) is 0 Å².